The first-order valence-electron chi connectivity index (χ1n) is 3.36. The molecule has 4 heteroatoms. The van der Waals surface area contributed by atoms with E-state index < -0.39 is 0 Å². The van der Waals surface area contributed by atoms with Crippen molar-refractivity contribution in [2.24, 2.45) is 0 Å². The molecule has 1 heterocycles. The number of nitrogens with two attached hydrogens (primary N) is 1. The summed E-state index contributed by atoms with van der Waals surface area (Å²) in [5.74, 6) is 0.541. The zero-order valence-electron chi connectivity index (χ0n) is 6.11. The van der Waals surface area contributed by atoms with Gasteiger partial charge in [0.05, 0.1) is 16.3 Å². The van der Waals surface area contributed by atoms with Crippen LogP contribution in [0.4, 0.5) is 5.82 Å². The molecule has 2 rings (SSSR count). The van der Waals surface area contributed by atoms with Gasteiger partial charge in [0.1, 0.15) is 5.82 Å². The van der Waals surface area contributed by atoms with E-state index in [0.29, 0.717) is 11.4 Å². The molecule has 12 heavy (non-hydrogen) atoms. The van der Waals surface area contributed by atoms with Crippen LogP contribution in [0.2, 0.25) is 0 Å². The van der Waals surface area contributed by atoms with Gasteiger partial charge < -0.3 is 5.73 Å². The van der Waals surface area contributed by atoms with Crippen LogP contribution in [-0.4, -0.2) is 4.37 Å². The molecular formula is C8H5N3S. The number of hydrogen-bond acceptors (Lipinski definition) is 4. The fraction of sp³-hybridized carbons (Fsp3) is 0. The molecule has 1 aromatic heterocycles. The Bertz CT molecular complexity index is 467. The number of anilines is 1. The highest BCUT2D eigenvalue weighted by atomic mass is 32.1. The summed E-state index contributed by atoms with van der Waals surface area (Å²) < 4.78 is 4.95. The molecule has 0 atom stereocenters. The maximum atomic E-state index is 8.61. The third kappa shape index (κ3) is 0.917. The minimum Gasteiger partial charge on any atom is -0.382 e. The number of benzene rings is 1. The molecule has 0 fully saturated rings. The molecule has 0 aliphatic heterocycles. The molecule has 0 saturated carbocycles. The average Bonchev–Trinajstić information content (AvgIpc) is 2.47. The monoisotopic (exact) mass is 175 g/mol. The standard InChI is InChI=1S/C8H5N3S/c9-4-5-1-2-6-7(3-5)12-11-8(6)10/h1-3H,(H2,10,11). The van der Waals surface area contributed by atoms with Crippen LogP contribution >= 0.6 is 11.5 Å². The first kappa shape index (κ1) is 7.07. The smallest absolute Gasteiger partial charge is 0.144 e. The number of hydrogen-bond donors (Lipinski definition) is 1. The lowest BCUT2D eigenvalue weighted by atomic mass is 10.2. The van der Waals surface area contributed by atoms with Crippen molar-refractivity contribution < 1.29 is 0 Å². The quantitative estimate of drug-likeness (QED) is 0.663. The van der Waals surface area contributed by atoms with Crippen LogP contribution in [0.3, 0.4) is 0 Å². The normalized spacial score (nSPS) is 9.92. The number of nitriles is 1. The Morgan fingerprint density at radius 1 is 1.50 bits per heavy atom. The van der Waals surface area contributed by atoms with E-state index in [2.05, 4.69) is 10.4 Å². The SMILES string of the molecule is N#Cc1ccc2c(N)nsc2c1. The van der Waals surface area contributed by atoms with Crippen LogP contribution in [0.25, 0.3) is 10.1 Å². The van der Waals surface area contributed by atoms with Gasteiger partial charge in [0.2, 0.25) is 0 Å². The van der Waals surface area contributed by atoms with Crippen LogP contribution in [0, 0.1) is 11.3 Å². The molecule has 0 unspecified atom stereocenters. The molecule has 0 radical (unpaired) electrons. The Kier molecular flexibility index (Phi) is 1.45. The van der Waals surface area contributed by atoms with Crippen molar-refractivity contribution in [1.82, 2.24) is 4.37 Å². The highest BCUT2D eigenvalue weighted by Gasteiger charge is 2.02. The van der Waals surface area contributed by atoms with E-state index in [1.54, 1.807) is 12.1 Å². The van der Waals surface area contributed by atoms with Crippen molar-refractivity contribution in [3.8, 4) is 6.07 Å². The molecule has 1 aromatic carbocycles. The van der Waals surface area contributed by atoms with Crippen molar-refractivity contribution in [3.63, 3.8) is 0 Å². The zero-order valence-corrected chi connectivity index (χ0v) is 6.93. The molecular weight excluding hydrogens is 170 g/mol. The van der Waals surface area contributed by atoms with E-state index in [0.717, 1.165) is 10.1 Å². The lowest BCUT2D eigenvalue weighted by Gasteiger charge is -1.89. The Hall–Kier alpha value is -1.60. The summed E-state index contributed by atoms with van der Waals surface area (Å²) in [7, 11) is 0. The van der Waals surface area contributed by atoms with Crippen molar-refractivity contribution in [2.45, 2.75) is 0 Å². The molecule has 0 bridgehead atoms. The second-order valence-corrected chi connectivity index (χ2v) is 3.20. The van der Waals surface area contributed by atoms with Crippen molar-refractivity contribution in [1.29, 1.82) is 5.26 Å². The predicted octanol–water partition coefficient (Wildman–Crippen LogP) is 1.75. The number of aromatic nitrogens is 1. The highest BCUT2D eigenvalue weighted by molar-refractivity contribution is 7.13. The molecule has 0 aliphatic carbocycles. The van der Waals surface area contributed by atoms with Crippen LogP contribution in [0.5, 0.6) is 0 Å². The van der Waals surface area contributed by atoms with Crippen LogP contribution in [-0.2, 0) is 0 Å². The fourth-order valence-corrected chi connectivity index (χ4v) is 1.77. The molecule has 3 nitrogen and oxygen atoms in total. The van der Waals surface area contributed by atoms with Gasteiger partial charge in [-0.25, -0.2) is 0 Å². The average molecular weight is 175 g/mol. The van der Waals surface area contributed by atoms with Crippen LogP contribution < -0.4 is 5.73 Å². The summed E-state index contributed by atoms with van der Waals surface area (Å²) in [5, 5.41) is 9.54. The Morgan fingerprint density at radius 3 is 3.08 bits per heavy atom. The van der Waals surface area contributed by atoms with E-state index >= 15 is 0 Å². The van der Waals surface area contributed by atoms with E-state index in [1.807, 2.05) is 6.07 Å². The van der Waals surface area contributed by atoms with Gasteiger partial charge in [0, 0.05) is 5.39 Å². The number of nitrogens with zero attached hydrogens (tertiary/aromatic N) is 2. The molecule has 0 aliphatic rings. The summed E-state index contributed by atoms with van der Waals surface area (Å²) in [6.45, 7) is 0. The van der Waals surface area contributed by atoms with E-state index in [1.165, 1.54) is 11.5 Å². The minimum absolute atomic E-state index is 0.541. The molecule has 0 saturated heterocycles. The van der Waals surface area contributed by atoms with Gasteiger partial charge in [0.25, 0.3) is 0 Å². The maximum Gasteiger partial charge on any atom is 0.144 e. The second-order valence-electron chi connectivity index (χ2n) is 2.39. The van der Waals surface area contributed by atoms with E-state index in [-0.39, 0.29) is 0 Å². The van der Waals surface area contributed by atoms with Gasteiger partial charge in [0.15, 0.2) is 0 Å². The molecule has 0 spiro atoms. The Labute approximate surface area is 73.2 Å². The summed E-state index contributed by atoms with van der Waals surface area (Å²) in [6.07, 6.45) is 0. The van der Waals surface area contributed by atoms with Crippen molar-refractivity contribution in [3.05, 3.63) is 23.8 Å². The van der Waals surface area contributed by atoms with Crippen molar-refractivity contribution in [2.75, 3.05) is 5.73 Å². The van der Waals surface area contributed by atoms with Gasteiger partial charge >= 0.3 is 0 Å². The van der Waals surface area contributed by atoms with Gasteiger partial charge in [-0.2, -0.15) is 9.64 Å². The van der Waals surface area contributed by atoms with Gasteiger partial charge in [-0.05, 0) is 29.7 Å². The maximum absolute atomic E-state index is 8.61. The number of fused-ring (bicyclic) bond motifs is 1. The van der Waals surface area contributed by atoms with Gasteiger partial charge in [-0.15, -0.1) is 0 Å². The molecule has 2 N–H and O–H groups in total. The Morgan fingerprint density at radius 2 is 2.33 bits per heavy atom. The topological polar surface area (TPSA) is 62.7 Å². The second kappa shape index (κ2) is 2.47. The van der Waals surface area contributed by atoms with E-state index in [4.69, 9.17) is 11.0 Å². The zero-order chi connectivity index (χ0) is 8.55. The number of nitrogen functional groups attached to an aromatic ring is 1. The highest BCUT2D eigenvalue weighted by Crippen LogP contribution is 2.24. The van der Waals surface area contributed by atoms with Crippen LogP contribution in [0.15, 0.2) is 18.2 Å². The molecule has 0 amide bonds. The lowest BCUT2D eigenvalue weighted by molar-refractivity contribution is 1.50. The number of rotatable bonds is 0. The summed E-state index contributed by atoms with van der Waals surface area (Å²) in [5.41, 5.74) is 6.23. The molecule has 2 aromatic rings. The summed E-state index contributed by atoms with van der Waals surface area (Å²) >= 11 is 1.32. The third-order valence-corrected chi connectivity index (χ3v) is 2.45. The fourth-order valence-electron chi connectivity index (χ4n) is 1.03. The van der Waals surface area contributed by atoms with Crippen molar-refractivity contribution >= 4 is 27.4 Å². The van der Waals surface area contributed by atoms with Gasteiger partial charge in [-0.3, -0.25) is 0 Å². The van der Waals surface area contributed by atoms with E-state index in [9.17, 15) is 0 Å². The third-order valence-electron chi connectivity index (χ3n) is 1.63. The van der Waals surface area contributed by atoms with Gasteiger partial charge in [-0.1, -0.05) is 0 Å². The molecule has 58 valence electrons. The summed E-state index contributed by atoms with van der Waals surface area (Å²) in [4.78, 5) is 0. The first-order valence-corrected chi connectivity index (χ1v) is 4.13. The first-order chi connectivity index (χ1) is 5.81. The summed E-state index contributed by atoms with van der Waals surface area (Å²) in [6, 6.07) is 7.43. The largest absolute Gasteiger partial charge is 0.382 e. The minimum atomic E-state index is 0.541. The lowest BCUT2D eigenvalue weighted by Crippen LogP contribution is -1.82. The predicted molar refractivity (Wildman–Crippen MR) is 48.7 cm³/mol. The van der Waals surface area contributed by atoms with Crippen LogP contribution in [0.1, 0.15) is 5.56 Å². The Balaban J connectivity index is 2.80.